The number of nitrogens with two attached hydrogens (primary N) is 1. The fourth-order valence-corrected chi connectivity index (χ4v) is 1.34. The van der Waals surface area contributed by atoms with Crippen LogP contribution in [0.1, 0.15) is 23.6 Å². The summed E-state index contributed by atoms with van der Waals surface area (Å²) in [7, 11) is 0. The topological polar surface area (TPSA) is 83.6 Å². The van der Waals surface area contributed by atoms with Crippen LogP contribution in [0.2, 0.25) is 0 Å². The van der Waals surface area contributed by atoms with Crippen molar-refractivity contribution in [2.24, 2.45) is 5.73 Å². The van der Waals surface area contributed by atoms with Crippen molar-refractivity contribution in [2.45, 2.75) is 19.1 Å². The molecule has 14 heavy (non-hydrogen) atoms. The van der Waals surface area contributed by atoms with Crippen molar-refractivity contribution in [2.75, 3.05) is 0 Å². The van der Waals surface area contributed by atoms with E-state index in [1.807, 2.05) is 0 Å². The van der Waals surface area contributed by atoms with Gasteiger partial charge in [-0.1, -0.05) is 24.3 Å². The first-order chi connectivity index (χ1) is 6.65. The molecule has 0 saturated carbocycles. The van der Waals surface area contributed by atoms with Gasteiger partial charge in [-0.3, -0.25) is 4.79 Å². The second-order valence-electron chi connectivity index (χ2n) is 3.06. The van der Waals surface area contributed by atoms with Gasteiger partial charge < -0.3 is 15.9 Å². The molecule has 1 aromatic rings. The third kappa shape index (κ3) is 2.55. The fraction of sp³-hybridized carbons (Fsp3) is 0.300. The number of hydrogen-bond acceptors (Lipinski definition) is 3. The van der Waals surface area contributed by atoms with Crippen molar-refractivity contribution >= 4 is 5.97 Å². The molecule has 0 heterocycles. The summed E-state index contributed by atoms with van der Waals surface area (Å²) in [5.74, 6) is -0.940. The number of benzene rings is 1. The van der Waals surface area contributed by atoms with Crippen LogP contribution in [0, 0.1) is 0 Å². The van der Waals surface area contributed by atoms with Crippen molar-refractivity contribution in [3.8, 4) is 0 Å². The SMILES string of the molecule is N[C@H](CC(=O)O)c1ccccc1CO. The molecule has 1 rings (SSSR count). The number of aliphatic hydroxyl groups is 1. The van der Waals surface area contributed by atoms with Gasteiger partial charge in [0.2, 0.25) is 0 Å². The summed E-state index contributed by atoms with van der Waals surface area (Å²) < 4.78 is 0. The van der Waals surface area contributed by atoms with Crippen molar-refractivity contribution < 1.29 is 15.0 Å². The number of carbonyl (C=O) groups is 1. The van der Waals surface area contributed by atoms with Crippen LogP contribution in [0.3, 0.4) is 0 Å². The average Bonchev–Trinajstić information content (AvgIpc) is 2.16. The molecule has 0 radical (unpaired) electrons. The Morgan fingerprint density at radius 1 is 1.43 bits per heavy atom. The zero-order chi connectivity index (χ0) is 10.6. The van der Waals surface area contributed by atoms with Gasteiger partial charge in [-0.25, -0.2) is 0 Å². The Kier molecular flexibility index (Phi) is 3.62. The summed E-state index contributed by atoms with van der Waals surface area (Å²) in [6.07, 6.45) is -0.128. The Hall–Kier alpha value is -1.39. The minimum atomic E-state index is -0.940. The van der Waals surface area contributed by atoms with Crippen molar-refractivity contribution in [3.05, 3.63) is 35.4 Å². The van der Waals surface area contributed by atoms with Crippen LogP contribution in [0.15, 0.2) is 24.3 Å². The molecule has 0 saturated heterocycles. The molecule has 0 unspecified atom stereocenters. The standard InChI is InChI=1S/C10H13NO3/c11-9(5-10(13)14)8-4-2-1-3-7(8)6-12/h1-4,9,12H,5-6,11H2,(H,13,14)/t9-/m1/s1. The van der Waals surface area contributed by atoms with Crippen molar-refractivity contribution in [1.82, 2.24) is 0 Å². The first kappa shape index (κ1) is 10.7. The molecule has 0 aromatic heterocycles. The molecule has 1 aromatic carbocycles. The van der Waals surface area contributed by atoms with Gasteiger partial charge >= 0.3 is 5.97 Å². The van der Waals surface area contributed by atoms with Crippen LogP contribution in [0.4, 0.5) is 0 Å². The van der Waals surface area contributed by atoms with Gasteiger partial charge in [0.25, 0.3) is 0 Å². The molecule has 0 aliphatic heterocycles. The van der Waals surface area contributed by atoms with E-state index in [0.717, 1.165) is 0 Å². The van der Waals surface area contributed by atoms with Crippen LogP contribution >= 0.6 is 0 Å². The maximum absolute atomic E-state index is 10.4. The van der Waals surface area contributed by atoms with E-state index in [9.17, 15) is 4.79 Å². The van der Waals surface area contributed by atoms with Gasteiger partial charge in [0, 0.05) is 6.04 Å². The number of rotatable bonds is 4. The molecule has 0 amide bonds. The van der Waals surface area contributed by atoms with Gasteiger partial charge in [-0.15, -0.1) is 0 Å². The Morgan fingerprint density at radius 3 is 2.64 bits per heavy atom. The summed E-state index contributed by atoms with van der Waals surface area (Å²) in [5, 5.41) is 17.6. The molecule has 4 nitrogen and oxygen atoms in total. The summed E-state index contributed by atoms with van der Waals surface area (Å²) >= 11 is 0. The normalized spacial score (nSPS) is 12.4. The average molecular weight is 195 g/mol. The predicted octanol–water partition coefficient (Wildman–Crippen LogP) is 0.653. The molecule has 4 heteroatoms. The quantitative estimate of drug-likeness (QED) is 0.658. The molecule has 0 fully saturated rings. The second kappa shape index (κ2) is 4.74. The first-order valence-corrected chi connectivity index (χ1v) is 4.31. The summed E-state index contributed by atoms with van der Waals surface area (Å²) in [6, 6.07) is 6.46. The lowest BCUT2D eigenvalue weighted by Crippen LogP contribution is -2.16. The third-order valence-electron chi connectivity index (χ3n) is 2.02. The fourth-order valence-electron chi connectivity index (χ4n) is 1.34. The minimum absolute atomic E-state index is 0.122. The van der Waals surface area contributed by atoms with Gasteiger partial charge in [-0.2, -0.15) is 0 Å². The number of aliphatic hydroxyl groups excluding tert-OH is 1. The number of carboxylic acids is 1. The highest BCUT2D eigenvalue weighted by Gasteiger charge is 2.13. The van der Waals surface area contributed by atoms with Crippen molar-refractivity contribution in [3.63, 3.8) is 0 Å². The van der Waals surface area contributed by atoms with Gasteiger partial charge in [0.15, 0.2) is 0 Å². The molecule has 1 atom stereocenters. The molecule has 4 N–H and O–H groups in total. The van der Waals surface area contributed by atoms with Gasteiger partial charge in [-0.05, 0) is 11.1 Å². The summed E-state index contributed by atoms with van der Waals surface area (Å²) in [6.45, 7) is -0.122. The van der Waals surface area contributed by atoms with Gasteiger partial charge in [0.05, 0.1) is 13.0 Å². The molecule has 0 spiro atoms. The maximum Gasteiger partial charge on any atom is 0.305 e. The molecule has 0 bridgehead atoms. The Bertz CT molecular complexity index is 325. The highest BCUT2D eigenvalue weighted by molar-refractivity contribution is 5.68. The molecule has 0 aliphatic rings. The zero-order valence-corrected chi connectivity index (χ0v) is 7.68. The summed E-state index contributed by atoms with van der Waals surface area (Å²) in [4.78, 5) is 10.4. The Labute approximate surface area is 82.0 Å². The Balaban J connectivity index is 2.87. The summed E-state index contributed by atoms with van der Waals surface area (Å²) in [5.41, 5.74) is 7.05. The lowest BCUT2D eigenvalue weighted by molar-refractivity contribution is -0.137. The van der Waals surface area contributed by atoms with Crippen LogP contribution < -0.4 is 5.73 Å². The van der Waals surface area contributed by atoms with Crippen LogP contribution in [-0.2, 0) is 11.4 Å². The van der Waals surface area contributed by atoms with E-state index in [4.69, 9.17) is 15.9 Å². The third-order valence-corrected chi connectivity index (χ3v) is 2.02. The smallest absolute Gasteiger partial charge is 0.305 e. The first-order valence-electron chi connectivity index (χ1n) is 4.31. The predicted molar refractivity (Wildman–Crippen MR) is 51.5 cm³/mol. The van der Waals surface area contributed by atoms with E-state index < -0.39 is 12.0 Å². The molecule has 76 valence electrons. The van der Waals surface area contributed by atoms with Gasteiger partial charge in [0.1, 0.15) is 0 Å². The lowest BCUT2D eigenvalue weighted by atomic mass is 9.99. The van der Waals surface area contributed by atoms with Crippen molar-refractivity contribution in [1.29, 1.82) is 0 Å². The highest BCUT2D eigenvalue weighted by atomic mass is 16.4. The Morgan fingerprint density at radius 2 is 2.07 bits per heavy atom. The molecular formula is C10H13NO3. The van der Waals surface area contributed by atoms with E-state index >= 15 is 0 Å². The van der Waals surface area contributed by atoms with E-state index in [1.165, 1.54) is 0 Å². The minimum Gasteiger partial charge on any atom is -0.481 e. The van der Waals surface area contributed by atoms with Crippen LogP contribution in [0.25, 0.3) is 0 Å². The van der Waals surface area contributed by atoms with E-state index in [2.05, 4.69) is 0 Å². The zero-order valence-electron chi connectivity index (χ0n) is 7.68. The monoisotopic (exact) mass is 195 g/mol. The molecule has 0 aliphatic carbocycles. The van der Waals surface area contributed by atoms with E-state index in [0.29, 0.717) is 11.1 Å². The van der Waals surface area contributed by atoms with Crippen LogP contribution in [0.5, 0.6) is 0 Å². The van der Waals surface area contributed by atoms with E-state index in [1.54, 1.807) is 24.3 Å². The number of aliphatic carboxylic acids is 1. The number of carboxylic acid groups (broad SMARTS) is 1. The lowest BCUT2D eigenvalue weighted by Gasteiger charge is -2.12. The number of hydrogen-bond donors (Lipinski definition) is 3. The maximum atomic E-state index is 10.4. The van der Waals surface area contributed by atoms with E-state index in [-0.39, 0.29) is 13.0 Å². The second-order valence-corrected chi connectivity index (χ2v) is 3.06. The largest absolute Gasteiger partial charge is 0.481 e. The molecular weight excluding hydrogens is 182 g/mol. The van der Waals surface area contributed by atoms with Crippen LogP contribution in [-0.4, -0.2) is 16.2 Å². The highest BCUT2D eigenvalue weighted by Crippen LogP contribution is 2.18.